The Labute approximate surface area is 130 Å². The van der Waals surface area contributed by atoms with Crippen molar-refractivity contribution in [2.75, 3.05) is 13.6 Å². The minimum atomic E-state index is 1.00. The lowest BCUT2D eigenvalue weighted by molar-refractivity contribution is 0.783. The van der Waals surface area contributed by atoms with E-state index in [0.717, 1.165) is 13.0 Å². The standard InChI is InChI=1S/C18H20N2S/c1-13-18(15-8-4-5-9-16(15)20-13)21-17-10-6-3-7-14(17)11-12-19-2/h3-10,19-20H,11-12H2,1-2H3. The molecular weight excluding hydrogens is 276 g/mol. The molecule has 0 aliphatic heterocycles. The molecule has 0 saturated heterocycles. The van der Waals surface area contributed by atoms with Crippen LogP contribution in [0.25, 0.3) is 10.9 Å². The maximum atomic E-state index is 3.48. The highest BCUT2D eigenvalue weighted by Gasteiger charge is 2.11. The molecule has 0 bridgehead atoms. The van der Waals surface area contributed by atoms with Gasteiger partial charge in [-0.3, -0.25) is 0 Å². The van der Waals surface area contributed by atoms with Gasteiger partial charge in [-0.2, -0.15) is 0 Å². The van der Waals surface area contributed by atoms with Crippen LogP contribution in [0.1, 0.15) is 11.3 Å². The van der Waals surface area contributed by atoms with Crippen LogP contribution in [0.5, 0.6) is 0 Å². The molecule has 0 aliphatic carbocycles. The van der Waals surface area contributed by atoms with Gasteiger partial charge >= 0.3 is 0 Å². The second kappa shape index (κ2) is 6.37. The summed E-state index contributed by atoms with van der Waals surface area (Å²) in [5.41, 5.74) is 3.86. The lowest BCUT2D eigenvalue weighted by Crippen LogP contribution is -2.10. The van der Waals surface area contributed by atoms with Gasteiger partial charge in [-0.25, -0.2) is 0 Å². The van der Waals surface area contributed by atoms with E-state index in [9.17, 15) is 0 Å². The monoisotopic (exact) mass is 296 g/mol. The van der Waals surface area contributed by atoms with E-state index in [1.165, 1.54) is 32.0 Å². The summed E-state index contributed by atoms with van der Waals surface area (Å²) < 4.78 is 0. The second-order valence-corrected chi connectivity index (χ2v) is 6.24. The summed E-state index contributed by atoms with van der Waals surface area (Å²) in [6.07, 6.45) is 1.06. The molecular formula is C18H20N2S. The van der Waals surface area contributed by atoms with Crippen LogP contribution in [0.15, 0.2) is 58.3 Å². The average Bonchev–Trinajstić information content (AvgIpc) is 2.82. The van der Waals surface area contributed by atoms with Gasteiger partial charge in [0, 0.05) is 26.4 Å². The normalized spacial score (nSPS) is 11.1. The minimum Gasteiger partial charge on any atom is -0.358 e. The van der Waals surface area contributed by atoms with Gasteiger partial charge in [0.1, 0.15) is 0 Å². The third kappa shape index (κ3) is 2.99. The van der Waals surface area contributed by atoms with Gasteiger partial charge in [0.05, 0.1) is 0 Å². The molecule has 0 fully saturated rings. The fourth-order valence-electron chi connectivity index (χ4n) is 2.56. The predicted molar refractivity (Wildman–Crippen MR) is 91.2 cm³/mol. The maximum absolute atomic E-state index is 3.48. The first-order chi connectivity index (χ1) is 10.3. The zero-order valence-corrected chi connectivity index (χ0v) is 13.3. The molecule has 1 heterocycles. The van der Waals surface area contributed by atoms with Crippen LogP contribution in [-0.2, 0) is 6.42 Å². The van der Waals surface area contributed by atoms with Crippen molar-refractivity contribution in [3.63, 3.8) is 0 Å². The van der Waals surface area contributed by atoms with Gasteiger partial charge < -0.3 is 10.3 Å². The molecule has 3 heteroatoms. The van der Waals surface area contributed by atoms with Gasteiger partial charge in [-0.05, 0) is 44.6 Å². The van der Waals surface area contributed by atoms with Crippen molar-refractivity contribution in [2.45, 2.75) is 23.1 Å². The zero-order valence-electron chi connectivity index (χ0n) is 12.4. The summed E-state index contributed by atoms with van der Waals surface area (Å²) in [4.78, 5) is 6.16. The molecule has 3 rings (SSSR count). The molecule has 0 aliphatic rings. The second-order valence-electron chi connectivity index (χ2n) is 5.19. The summed E-state index contributed by atoms with van der Waals surface area (Å²) in [5, 5.41) is 4.54. The first-order valence-electron chi connectivity index (χ1n) is 7.27. The van der Waals surface area contributed by atoms with E-state index in [2.05, 4.69) is 65.8 Å². The van der Waals surface area contributed by atoms with Crippen molar-refractivity contribution in [2.24, 2.45) is 0 Å². The summed E-state index contributed by atoms with van der Waals surface area (Å²) >= 11 is 1.87. The molecule has 21 heavy (non-hydrogen) atoms. The van der Waals surface area contributed by atoms with Gasteiger partial charge in [0.2, 0.25) is 0 Å². The number of rotatable bonds is 5. The Bertz CT molecular complexity index is 746. The Morgan fingerprint density at radius 2 is 1.81 bits per heavy atom. The van der Waals surface area contributed by atoms with Crippen molar-refractivity contribution < 1.29 is 0 Å². The molecule has 0 atom stereocenters. The number of aryl methyl sites for hydroxylation is 1. The minimum absolute atomic E-state index is 1.00. The average molecular weight is 296 g/mol. The van der Waals surface area contributed by atoms with Gasteiger partial charge in [0.25, 0.3) is 0 Å². The highest BCUT2D eigenvalue weighted by atomic mass is 32.2. The molecule has 2 N–H and O–H groups in total. The number of hydrogen-bond donors (Lipinski definition) is 2. The number of para-hydroxylation sites is 1. The first-order valence-corrected chi connectivity index (χ1v) is 8.09. The molecule has 108 valence electrons. The van der Waals surface area contributed by atoms with Gasteiger partial charge in [-0.1, -0.05) is 48.2 Å². The number of fused-ring (bicyclic) bond motifs is 1. The van der Waals surface area contributed by atoms with Gasteiger partial charge in [-0.15, -0.1) is 0 Å². The molecule has 2 aromatic carbocycles. The van der Waals surface area contributed by atoms with Crippen LogP contribution in [0, 0.1) is 6.92 Å². The van der Waals surface area contributed by atoms with Crippen LogP contribution in [0.3, 0.4) is 0 Å². The van der Waals surface area contributed by atoms with Crippen molar-refractivity contribution in [3.05, 3.63) is 59.8 Å². The largest absolute Gasteiger partial charge is 0.358 e. The van der Waals surface area contributed by atoms with E-state index in [1.54, 1.807) is 0 Å². The Balaban J connectivity index is 1.97. The smallest absolute Gasteiger partial charge is 0.0467 e. The van der Waals surface area contributed by atoms with E-state index in [1.807, 2.05) is 18.8 Å². The van der Waals surface area contributed by atoms with E-state index >= 15 is 0 Å². The maximum Gasteiger partial charge on any atom is 0.0467 e. The Morgan fingerprint density at radius 1 is 1.05 bits per heavy atom. The van der Waals surface area contributed by atoms with Crippen LogP contribution in [0.2, 0.25) is 0 Å². The molecule has 0 radical (unpaired) electrons. The fourth-order valence-corrected chi connectivity index (χ4v) is 3.72. The summed E-state index contributed by atoms with van der Waals surface area (Å²) in [6.45, 7) is 3.16. The summed E-state index contributed by atoms with van der Waals surface area (Å²) in [6, 6.07) is 17.2. The Morgan fingerprint density at radius 3 is 2.67 bits per heavy atom. The SMILES string of the molecule is CNCCc1ccccc1Sc1c(C)[nH]c2ccccc12. The van der Waals surface area contributed by atoms with Crippen molar-refractivity contribution in [1.29, 1.82) is 0 Å². The van der Waals surface area contributed by atoms with E-state index in [-0.39, 0.29) is 0 Å². The first kappa shape index (κ1) is 14.2. The molecule has 0 saturated carbocycles. The highest BCUT2D eigenvalue weighted by molar-refractivity contribution is 7.99. The van der Waals surface area contributed by atoms with E-state index in [4.69, 9.17) is 0 Å². The summed E-state index contributed by atoms with van der Waals surface area (Å²) in [5.74, 6) is 0. The van der Waals surface area contributed by atoms with Crippen LogP contribution in [-0.4, -0.2) is 18.6 Å². The molecule has 1 aromatic heterocycles. The fraction of sp³-hybridized carbons (Fsp3) is 0.222. The Hall–Kier alpha value is -1.71. The third-order valence-electron chi connectivity index (χ3n) is 3.66. The van der Waals surface area contributed by atoms with Crippen molar-refractivity contribution in [3.8, 4) is 0 Å². The van der Waals surface area contributed by atoms with Crippen molar-refractivity contribution >= 4 is 22.7 Å². The molecule has 0 spiro atoms. The number of aromatic amines is 1. The third-order valence-corrected chi connectivity index (χ3v) is 5.01. The van der Waals surface area contributed by atoms with Crippen LogP contribution < -0.4 is 5.32 Å². The molecule has 3 aromatic rings. The lowest BCUT2D eigenvalue weighted by Gasteiger charge is -2.09. The lowest BCUT2D eigenvalue weighted by atomic mass is 10.1. The predicted octanol–water partition coefficient (Wildman–Crippen LogP) is 4.39. The number of hydrogen-bond acceptors (Lipinski definition) is 2. The highest BCUT2D eigenvalue weighted by Crippen LogP contribution is 2.37. The molecule has 2 nitrogen and oxygen atoms in total. The summed E-state index contributed by atoms with van der Waals surface area (Å²) in [7, 11) is 2.00. The number of benzene rings is 2. The van der Waals surface area contributed by atoms with E-state index in [0.29, 0.717) is 0 Å². The number of aromatic nitrogens is 1. The quantitative estimate of drug-likeness (QED) is 0.731. The van der Waals surface area contributed by atoms with Crippen LogP contribution in [0.4, 0.5) is 0 Å². The van der Waals surface area contributed by atoms with Crippen molar-refractivity contribution in [1.82, 2.24) is 10.3 Å². The van der Waals surface area contributed by atoms with E-state index < -0.39 is 0 Å². The molecule has 0 unspecified atom stereocenters. The van der Waals surface area contributed by atoms with Crippen LogP contribution >= 0.6 is 11.8 Å². The number of nitrogens with one attached hydrogen (secondary N) is 2. The zero-order chi connectivity index (χ0) is 14.7. The Kier molecular flexibility index (Phi) is 4.32. The molecule has 0 amide bonds. The number of H-pyrrole nitrogens is 1. The topological polar surface area (TPSA) is 27.8 Å². The number of likely N-dealkylation sites (N-methyl/N-ethyl adjacent to an activating group) is 1. The van der Waals surface area contributed by atoms with Gasteiger partial charge in [0.15, 0.2) is 0 Å².